The van der Waals surface area contributed by atoms with Crippen molar-refractivity contribution in [1.29, 1.82) is 0 Å². The second-order valence-corrected chi connectivity index (χ2v) is 10.3. The zero-order chi connectivity index (χ0) is 29.3. The van der Waals surface area contributed by atoms with Crippen LogP contribution in [0.25, 0.3) is 53.5 Å². The first-order valence-corrected chi connectivity index (χ1v) is 12.6. The molecule has 0 aliphatic carbocycles. The third-order valence-electron chi connectivity index (χ3n) is 6.61. The molecule has 0 amide bonds. The molecule has 0 N–H and O–H groups in total. The van der Waals surface area contributed by atoms with E-state index >= 15 is 0 Å². The van der Waals surface area contributed by atoms with Crippen molar-refractivity contribution < 1.29 is 39.5 Å². The maximum atomic E-state index is 13.8. The molecule has 0 unspecified atom stereocenters. The number of hydrogen-bond donors (Lipinski definition) is 0. The van der Waals surface area contributed by atoms with Gasteiger partial charge in [0.1, 0.15) is 11.4 Å². The minimum Gasteiger partial charge on any atom is -0.166 e. The lowest BCUT2D eigenvalue weighted by Crippen LogP contribution is -2.23. The molecule has 2 nitrogen and oxygen atoms in total. The molecule has 0 radical (unpaired) electrons. The quantitative estimate of drug-likeness (QED) is 0.148. The highest BCUT2D eigenvalue weighted by molar-refractivity contribution is 7.22. The van der Waals surface area contributed by atoms with Crippen LogP contribution in [0.15, 0.2) is 78.9 Å². The summed E-state index contributed by atoms with van der Waals surface area (Å²) >= 11 is 1.36. The Morgan fingerprint density at radius 3 is 1.51 bits per heavy atom. The number of nitrogens with zero attached hydrogens (tertiary/aromatic N) is 2. The Labute approximate surface area is 228 Å². The maximum Gasteiger partial charge on any atom is 0.417 e. The van der Waals surface area contributed by atoms with Crippen molar-refractivity contribution in [2.75, 3.05) is 0 Å². The van der Waals surface area contributed by atoms with Crippen LogP contribution in [0.1, 0.15) is 16.7 Å². The number of halogens is 9. The zero-order valence-electron chi connectivity index (χ0n) is 20.2. The van der Waals surface area contributed by atoms with E-state index in [1.807, 2.05) is 30.3 Å². The van der Waals surface area contributed by atoms with Gasteiger partial charge in [-0.1, -0.05) is 42.5 Å². The van der Waals surface area contributed by atoms with E-state index in [1.54, 1.807) is 30.3 Å². The number of aromatic nitrogens is 2. The van der Waals surface area contributed by atoms with Gasteiger partial charge in [0.2, 0.25) is 0 Å². The second kappa shape index (κ2) is 9.16. The Hall–Kier alpha value is -4.19. The maximum absolute atomic E-state index is 13.8. The molecule has 0 saturated carbocycles. The molecular formula is C29H13F9N2S. The molecule has 2 heterocycles. The van der Waals surface area contributed by atoms with Crippen molar-refractivity contribution in [3.05, 3.63) is 95.6 Å². The molecule has 208 valence electrons. The van der Waals surface area contributed by atoms with Gasteiger partial charge in [-0.05, 0) is 52.6 Å². The summed E-state index contributed by atoms with van der Waals surface area (Å²) in [6, 6.07) is 19.5. The molecule has 12 heteroatoms. The third kappa shape index (κ3) is 4.75. The van der Waals surface area contributed by atoms with Gasteiger partial charge >= 0.3 is 18.5 Å². The molecule has 0 spiro atoms. The average Bonchev–Trinajstić information content (AvgIpc) is 3.33. The van der Waals surface area contributed by atoms with Gasteiger partial charge in [0.05, 0.1) is 21.6 Å². The minimum atomic E-state index is -5.93. The van der Waals surface area contributed by atoms with Crippen LogP contribution in [0.4, 0.5) is 39.5 Å². The lowest BCUT2D eigenvalue weighted by molar-refractivity contribution is -0.174. The van der Waals surface area contributed by atoms with Crippen LogP contribution in [0, 0.1) is 0 Å². The summed E-state index contributed by atoms with van der Waals surface area (Å²) in [5.41, 5.74) is -8.60. The minimum absolute atomic E-state index is 0.0514. The Bertz CT molecular complexity index is 1900. The molecule has 6 aromatic rings. The molecule has 4 aromatic carbocycles. The fourth-order valence-electron chi connectivity index (χ4n) is 4.87. The van der Waals surface area contributed by atoms with E-state index < -0.39 is 46.5 Å². The van der Waals surface area contributed by atoms with Gasteiger partial charge in [-0.25, -0.2) is 0 Å². The lowest BCUT2D eigenvalue weighted by atomic mass is 9.92. The zero-order valence-corrected chi connectivity index (χ0v) is 21.0. The monoisotopic (exact) mass is 592 g/mol. The first-order chi connectivity index (χ1) is 19.2. The van der Waals surface area contributed by atoms with E-state index in [-0.39, 0.29) is 17.5 Å². The summed E-state index contributed by atoms with van der Waals surface area (Å²) in [5.74, 6) is 0. The fraction of sp³-hybridized carbons (Fsp3) is 0.103. The highest BCUT2D eigenvalue weighted by atomic mass is 32.1. The molecule has 41 heavy (non-hydrogen) atoms. The Morgan fingerprint density at radius 2 is 1.00 bits per heavy atom. The van der Waals surface area contributed by atoms with Gasteiger partial charge in [0.25, 0.3) is 0 Å². The number of alkyl halides is 9. The van der Waals surface area contributed by atoms with Gasteiger partial charge < -0.3 is 0 Å². The number of thiophene rings is 1. The largest absolute Gasteiger partial charge is 0.417 e. The smallest absolute Gasteiger partial charge is 0.166 e. The number of rotatable bonds is 2. The standard InChI is InChI=1S/C29H13F9N2S/c30-27(31,32)20-11-17(12-21(28(33,34)35)24(20)29(36,37)38)25-18-9-14-5-1-2-6-15(14)10-19(18)26(40-39-25)23-13-16-7-3-4-8-22(16)41-23/h1-13H. The molecule has 0 aliphatic rings. The summed E-state index contributed by atoms with van der Waals surface area (Å²) in [7, 11) is 0. The van der Waals surface area contributed by atoms with Gasteiger partial charge in [0, 0.05) is 21.0 Å². The van der Waals surface area contributed by atoms with Crippen molar-refractivity contribution in [3.63, 3.8) is 0 Å². The highest BCUT2D eigenvalue weighted by Gasteiger charge is 2.50. The Kier molecular flexibility index (Phi) is 6.04. The van der Waals surface area contributed by atoms with Crippen molar-refractivity contribution in [2.45, 2.75) is 18.5 Å². The van der Waals surface area contributed by atoms with E-state index in [0.717, 1.165) is 10.1 Å². The van der Waals surface area contributed by atoms with Crippen molar-refractivity contribution in [1.82, 2.24) is 10.2 Å². The summed E-state index contributed by atoms with van der Waals surface area (Å²) in [6.45, 7) is 0. The van der Waals surface area contributed by atoms with Crippen LogP contribution in [0.3, 0.4) is 0 Å². The summed E-state index contributed by atoms with van der Waals surface area (Å²) < 4.78 is 125. The van der Waals surface area contributed by atoms with Gasteiger partial charge in [0.15, 0.2) is 0 Å². The number of benzene rings is 4. The molecule has 0 bridgehead atoms. The van der Waals surface area contributed by atoms with Crippen LogP contribution in [0.2, 0.25) is 0 Å². The van der Waals surface area contributed by atoms with Crippen LogP contribution >= 0.6 is 11.3 Å². The van der Waals surface area contributed by atoms with E-state index in [2.05, 4.69) is 10.2 Å². The highest BCUT2D eigenvalue weighted by Crippen LogP contribution is 2.49. The van der Waals surface area contributed by atoms with Gasteiger partial charge in [-0.2, -0.15) is 39.5 Å². The van der Waals surface area contributed by atoms with Crippen molar-refractivity contribution >= 4 is 43.0 Å². The SMILES string of the molecule is FC(F)(F)c1cc(-c2nnc(-c3cc4ccccc4s3)c3cc4ccccc4cc23)cc(C(F)(F)F)c1C(F)(F)F. The second-order valence-electron chi connectivity index (χ2n) is 9.23. The normalized spacial score (nSPS) is 13.0. The Morgan fingerprint density at radius 1 is 0.512 bits per heavy atom. The van der Waals surface area contributed by atoms with Gasteiger partial charge in [-0.3, -0.25) is 0 Å². The number of hydrogen-bond acceptors (Lipinski definition) is 3. The first kappa shape index (κ1) is 27.0. The number of fused-ring (bicyclic) bond motifs is 3. The van der Waals surface area contributed by atoms with Crippen LogP contribution in [0.5, 0.6) is 0 Å². The predicted octanol–water partition coefficient (Wildman–Crippen LogP) is 10.4. The topological polar surface area (TPSA) is 25.8 Å². The van der Waals surface area contributed by atoms with E-state index in [4.69, 9.17) is 0 Å². The van der Waals surface area contributed by atoms with E-state index in [0.29, 0.717) is 26.7 Å². The fourth-order valence-corrected chi connectivity index (χ4v) is 5.93. The lowest BCUT2D eigenvalue weighted by Gasteiger charge is -2.22. The summed E-state index contributed by atoms with van der Waals surface area (Å²) in [4.78, 5) is 0.643. The first-order valence-electron chi connectivity index (χ1n) is 11.8. The van der Waals surface area contributed by atoms with Crippen molar-refractivity contribution in [3.8, 4) is 21.8 Å². The molecule has 0 fully saturated rings. The van der Waals surface area contributed by atoms with Crippen LogP contribution in [-0.2, 0) is 18.5 Å². The van der Waals surface area contributed by atoms with Crippen molar-refractivity contribution in [2.24, 2.45) is 0 Å². The van der Waals surface area contributed by atoms with Gasteiger partial charge in [-0.15, -0.1) is 21.5 Å². The molecule has 0 atom stereocenters. The Balaban J connectivity index is 1.71. The summed E-state index contributed by atoms with van der Waals surface area (Å²) in [6.07, 6.45) is -17.4. The molecule has 2 aromatic heterocycles. The molecule has 6 rings (SSSR count). The van der Waals surface area contributed by atoms with E-state index in [9.17, 15) is 39.5 Å². The average molecular weight is 592 g/mol. The predicted molar refractivity (Wildman–Crippen MR) is 138 cm³/mol. The van der Waals surface area contributed by atoms with Crippen LogP contribution in [-0.4, -0.2) is 10.2 Å². The summed E-state index contributed by atoms with van der Waals surface area (Å²) in [5, 5.41) is 10.9. The molecular weight excluding hydrogens is 579 g/mol. The van der Waals surface area contributed by atoms with Crippen LogP contribution < -0.4 is 0 Å². The molecule has 0 saturated heterocycles. The van der Waals surface area contributed by atoms with E-state index in [1.165, 1.54) is 17.4 Å². The third-order valence-corrected chi connectivity index (χ3v) is 7.73. The molecule has 0 aliphatic heterocycles.